The molecule has 0 fully saturated rings. The summed E-state index contributed by atoms with van der Waals surface area (Å²) in [4.78, 5) is 11.6. The Hall–Kier alpha value is -1.80. The van der Waals surface area contributed by atoms with Crippen LogP contribution in [0.3, 0.4) is 0 Å². The SMILES string of the molecule is C=C(C)c1ccc(C(=O)OCCCC(F)(F)S(=O)(=O)O)cc1. The lowest BCUT2D eigenvalue weighted by Gasteiger charge is -2.12. The minimum Gasteiger partial charge on any atom is -0.462 e. The summed E-state index contributed by atoms with van der Waals surface area (Å²) in [5.41, 5.74) is 1.92. The predicted molar refractivity (Wildman–Crippen MR) is 77.2 cm³/mol. The third kappa shape index (κ3) is 4.88. The fraction of sp³-hybridized carbons (Fsp3) is 0.357. The third-order valence-electron chi connectivity index (χ3n) is 2.84. The largest absolute Gasteiger partial charge is 0.462 e. The van der Waals surface area contributed by atoms with E-state index in [1.807, 2.05) is 6.92 Å². The van der Waals surface area contributed by atoms with Gasteiger partial charge in [-0.15, -0.1) is 0 Å². The van der Waals surface area contributed by atoms with E-state index in [-0.39, 0.29) is 12.2 Å². The van der Waals surface area contributed by atoms with Gasteiger partial charge in [0.2, 0.25) is 0 Å². The molecule has 0 saturated heterocycles. The van der Waals surface area contributed by atoms with E-state index in [1.54, 1.807) is 12.1 Å². The molecule has 0 spiro atoms. The van der Waals surface area contributed by atoms with Crippen LogP contribution in [0.1, 0.15) is 35.7 Å². The second-order valence-electron chi connectivity index (χ2n) is 4.71. The Kier molecular flexibility index (Phi) is 5.78. The first-order valence-corrected chi connectivity index (χ1v) is 7.76. The number of carbonyl (C=O) groups excluding carboxylic acids is 1. The Labute approximate surface area is 127 Å². The zero-order valence-corrected chi connectivity index (χ0v) is 12.7. The molecule has 122 valence electrons. The monoisotopic (exact) mass is 334 g/mol. The van der Waals surface area contributed by atoms with Gasteiger partial charge >= 0.3 is 21.3 Å². The van der Waals surface area contributed by atoms with Crippen LogP contribution in [-0.4, -0.2) is 30.8 Å². The van der Waals surface area contributed by atoms with Crippen molar-refractivity contribution in [1.29, 1.82) is 0 Å². The summed E-state index contributed by atoms with van der Waals surface area (Å²) in [6, 6.07) is 6.37. The van der Waals surface area contributed by atoms with Crippen LogP contribution in [0.25, 0.3) is 5.57 Å². The Morgan fingerprint density at radius 2 is 1.77 bits per heavy atom. The molecule has 5 nitrogen and oxygen atoms in total. The van der Waals surface area contributed by atoms with Crippen LogP contribution < -0.4 is 0 Å². The lowest BCUT2D eigenvalue weighted by Crippen LogP contribution is -2.28. The molecular formula is C14H16F2O5S. The highest BCUT2D eigenvalue weighted by Crippen LogP contribution is 2.26. The highest BCUT2D eigenvalue weighted by molar-refractivity contribution is 7.86. The van der Waals surface area contributed by atoms with Crippen LogP contribution >= 0.6 is 0 Å². The third-order valence-corrected chi connectivity index (χ3v) is 3.80. The summed E-state index contributed by atoms with van der Waals surface area (Å²) in [5, 5.41) is -4.25. The number of benzene rings is 1. The first kappa shape index (κ1) is 18.2. The Balaban J connectivity index is 2.49. The first-order valence-electron chi connectivity index (χ1n) is 6.32. The maximum Gasteiger partial charge on any atom is 0.370 e. The van der Waals surface area contributed by atoms with Crippen molar-refractivity contribution in [3.8, 4) is 0 Å². The van der Waals surface area contributed by atoms with Crippen molar-refractivity contribution in [3.63, 3.8) is 0 Å². The van der Waals surface area contributed by atoms with Crippen molar-refractivity contribution in [3.05, 3.63) is 42.0 Å². The van der Waals surface area contributed by atoms with Crippen LogP contribution in [0.15, 0.2) is 30.8 Å². The van der Waals surface area contributed by atoms with Gasteiger partial charge in [-0.3, -0.25) is 4.55 Å². The second kappa shape index (κ2) is 6.97. The quantitative estimate of drug-likeness (QED) is 0.471. The van der Waals surface area contributed by atoms with Gasteiger partial charge in [-0.05, 0) is 31.0 Å². The van der Waals surface area contributed by atoms with E-state index in [2.05, 4.69) is 6.58 Å². The van der Waals surface area contributed by atoms with E-state index in [0.29, 0.717) is 0 Å². The standard InChI is InChI=1S/C14H16F2O5S/c1-10(2)11-4-6-12(7-5-11)13(17)21-9-3-8-14(15,16)22(18,19)20/h4-7H,1,3,8-9H2,2H3,(H,18,19,20). The van der Waals surface area contributed by atoms with E-state index in [4.69, 9.17) is 9.29 Å². The molecule has 0 aromatic heterocycles. The molecule has 0 aliphatic carbocycles. The van der Waals surface area contributed by atoms with Crippen LogP contribution in [0.4, 0.5) is 8.78 Å². The van der Waals surface area contributed by atoms with Crippen LogP contribution in [0.2, 0.25) is 0 Å². The van der Waals surface area contributed by atoms with Gasteiger partial charge in [0.15, 0.2) is 0 Å². The molecule has 1 aromatic rings. The number of carbonyl (C=O) groups is 1. The smallest absolute Gasteiger partial charge is 0.370 e. The van der Waals surface area contributed by atoms with E-state index < -0.39 is 34.2 Å². The predicted octanol–water partition coefficient (Wildman–Crippen LogP) is 3.14. The molecule has 1 N–H and O–H groups in total. The number of halogens is 2. The molecule has 0 radical (unpaired) electrons. The first-order chi connectivity index (χ1) is 10.0. The molecular weight excluding hydrogens is 318 g/mol. The number of esters is 1. The average Bonchev–Trinajstić information content (AvgIpc) is 2.42. The number of ether oxygens (including phenoxy) is 1. The maximum absolute atomic E-state index is 12.9. The van der Waals surface area contributed by atoms with Crippen molar-refractivity contribution in [2.24, 2.45) is 0 Å². The van der Waals surface area contributed by atoms with Gasteiger partial charge in [0.25, 0.3) is 0 Å². The summed E-state index contributed by atoms with van der Waals surface area (Å²) < 4.78 is 59.7. The molecule has 0 aliphatic heterocycles. The summed E-state index contributed by atoms with van der Waals surface area (Å²) >= 11 is 0. The van der Waals surface area contributed by atoms with Gasteiger partial charge in [-0.2, -0.15) is 17.2 Å². The second-order valence-corrected chi connectivity index (χ2v) is 6.26. The fourth-order valence-corrected chi connectivity index (χ4v) is 1.95. The van der Waals surface area contributed by atoms with Gasteiger partial charge < -0.3 is 4.74 Å². The van der Waals surface area contributed by atoms with Gasteiger partial charge in [0.05, 0.1) is 12.2 Å². The van der Waals surface area contributed by atoms with Crippen molar-refractivity contribution in [2.45, 2.75) is 25.0 Å². The molecule has 0 heterocycles. The molecule has 0 aliphatic rings. The number of allylic oxidation sites excluding steroid dienone is 1. The summed E-state index contributed by atoms with van der Waals surface area (Å²) in [6.45, 7) is 5.17. The topological polar surface area (TPSA) is 80.7 Å². The number of alkyl halides is 2. The molecule has 0 atom stereocenters. The number of hydrogen-bond acceptors (Lipinski definition) is 4. The van der Waals surface area contributed by atoms with Crippen molar-refractivity contribution in [1.82, 2.24) is 0 Å². The lowest BCUT2D eigenvalue weighted by molar-refractivity contribution is 0.0390. The molecule has 0 unspecified atom stereocenters. The fourth-order valence-electron chi connectivity index (χ4n) is 1.55. The van der Waals surface area contributed by atoms with E-state index in [0.717, 1.165) is 11.1 Å². The molecule has 1 rings (SSSR count). The Morgan fingerprint density at radius 3 is 2.23 bits per heavy atom. The minimum atomic E-state index is -5.45. The molecule has 22 heavy (non-hydrogen) atoms. The van der Waals surface area contributed by atoms with Gasteiger partial charge in [0.1, 0.15) is 0 Å². The molecule has 0 saturated carbocycles. The zero-order chi connectivity index (χ0) is 17.0. The molecule has 0 amide bonds. The van der Waals surface area contributed by atoms with E-state index in [9.17, 15) is 22.0 Å². The number of rotatable bonds is 7. The minimum absolute atomic E-state index is 0.242. The lowest BCUT2D eigenvalue weighted by atomic mass is 10.1. The normalized spacial score (nSPS) is 12.0. The van der Waals surface area contributed by atoms with Gasteiger partial charge in [-0.25, -0.2) is 4.79 Å². The molecule has 8 heteroatoms. The van der Waals surface area contributed by atoms with Crippen molar-refractivity contribution < 1.29 is 31.3 Å². The molecule has 1 aromatic carbocycles. The van der Waals surface area contributed by atoms with Crippen LogP contribution in [-0.2, 0) is 14.9 Å². The highest BCUT2D eigenvalue weighted by Gasteiger charge is 2.43. The molecule has 0 bridgehead atoms. The average molecular weight is 334 g/mol. The van der Waals surface area contributed by atoms with Crippen molar-refractivity contribution >= 4 is 21.7 Å². The summed E-state index contributed by atoms with van der Waals surface area (Å²) in [7, 11) is -5.45. The van der Waals surface area contributed by atoms with Gasteiger partial charge in [0, 0.05) is 6.42 Å². The summed E-state index contributed by atoms with van der Waals surface area (Å²) in [6.07, 6.45) is -1.53. The van der Waals surface area contributed by atoms with Crippen LogP contribution in [0, 0.1) is 0 Å². The Bertz CT molecular complexity index is 650. The number of hydrogen-bond donors (Lipinski definition) is 1. The van der Waals surface area contributed by atoms with Crippen molar-refractivity contribution in [2.75, 3.05) is 6.61 Å². The zero-order valence-electron chi connectivity index (χ0n) is 11.9. The van der Waals surface area contributed by atoms with Gasteiger partial charge in [-0.1, -0.05) is 24.3 Å². The van der Waals surface area contributed by atoms with E-state index in [1.165, 1.54) is 12.1 Å². The maximum atomic E-state index is 12.9. The Morgan fingerprint density at radius 1 is 1.27 bits per heavy atom. The van der Waals surface area contributed by atoms with E-state index >= 15 is 0 Å². The van der Waals surface area contributed by atoms with Crippen LogP contribution in [0.5, 0.6) is 0 Å². The summed E-state index contributed by atoms with van der Waals surface area (Å²) in [5.74, 6) is -0.705. The highest BCUT2D eigenvalue weighted by atomic mass is 32.2.